The molecule has 1 heterocycles. The Morgan fingerprint density at radius 1 is 1.07 bits per heavy atom. The Balaban J connectivity index is 0.000000282. The van der Waals surface area contributed by atoms with Gasteiger partial charge in [0, 0.05) is 5.39 Å². The topological polar surface area (TPSA) is 28.7 Å². The van der Waals surface area contributed by atoms with Crippen molar-refractivity contribution in [2.24, 2.45) is 5.92 Å². The van der Waals surface area contributed by atoms with Crippen molar-refractivity contribution in [3.05, 3.63) is 30.5 Å². The summed E-state index contributed by atoms with van der Waals surface area (Å²) in [7, 11) is 0. The first-order valence-electron chi connectivity index (χ1n) is 5.58. The van der Waals surface area contributed by atoms with Crippen molar-refractivity contribution < 1.29 is 0 Å². The minimum Gasteiger partial charge on any atom is -0.278 e. The van der Waals surface area contributed by atoms with Gasteiger partial charge in [-0.2, -0.15) is 5.10 Å². The fraction of sp³-hybridized carbons (Fsp3) is 0.462. The zero-order chi connectivity index (χ0) is 11.7. The predicted molar refractivity (Wildman–Crippen MR) is 68.0 cm³/mol. The Morgan fingerprint density at radius 3 is 2.13 bits per heavy atom. The average molecular weight is 206 g/mol. The Bertz CT molecular complexity index is 317. The molecule has 2 aromatic rings. The lowest BCUT2D eigenvalue weighted by atomic mass is 10.3. The van der Waals surface area contributed by atoms with Crippen molar-refractivity contribution in [1.82, 2.24) is 10.2 Å². The quantitative estimate of drug-likeness (QED) is 0.685. The van der Waals surface area contributed by atoms with Crippen molar-refractivity contribution >= 4 is 10.9 Å². The summed E-state index contributed by atoms with van der Waals surface area (Å²) in [6.45, 7) is 10.5. The molecule has 0 fully saturated rings. The Hall–Kier alpha value is -1.31. The largest absolute Gasteiger partial charge is 0.278 e. The molecule has 2 rings (SSSR count). The van der Waals surface area contributed by atoms with Gasteiger partial charge < -0.3 is 0 Å². The molecule has 0 unspecified atom stereocenters. The molecule has 1 aromatic heterocycles. The summed E-state index contributed by atoms with van der Waals surface area (Å²) in [6, 6.07) is 8.01. The summed E-state index contributed by atoms with van der Waals surface area (Å²) in [5.74, 6) is 0.833. The highest BCUT2D eigenvalue weighted by Gasteiger charge is 1.88. The second-order valence-corrected chi connectivity index (χ2v) is 3.69. The zero-order valence-electron chi connectivity index (χ0n) is 10.4. The fourth-order valence-electron chi connectivity index (χ4n) is 0.883. The van der Waals surface area contributed by atoms with Crippen molar-refractivity contribution in [1.29, 1.82) is 0 Å². The van der Waals surface area contributed by atoms with Crippen LogP contribution in [-0.2, 0) is 0 Å². The number of aromatic nitrogens is 2. The molecule has 0 saturated carbocycles. The van der Waals surface area contributed by atoms with Crippen molar-refractivity contribution in [3.8, 4) is 0 Å². The molecule has 0 atom stereocenters. The smallest absolute Gasteiger partial charge is 0.0650 e. The number of aromatic amines is 1. The number of fused-ring (bicyclic) bond motifs is 1. The Kier molecular flexibility index (Phi) is 7.33. The van der Waals surface area contributed by atoms with Crippen LogP contribution in [0.5, 0.6) is 0 Å². The zero-order valence-corrected chi connectivity index (χ0v) is 10.4. The van der Waals surface area contributed by atoms with Crippen molar-refractivity contribution in [2.45, 2.75) is 34.6 Å². The number of H-pyrrole nitrogens is 1. The number of nitrogens with zero attached hydrogens (tertiary/aromatic N) is 1. The van der Waals surface area contributed by atoms with E-state index in [-0.39, 0.29) is 0 Å². The van der Waals surface area contributed by atoms with Crippen LogP contribution >= 0.6 is 0 Å². The number of benzene rings is 1. The maximum atomic E-state index is 3.88. The van der Waals surface area contributed by atoms with Crippen LogP contribution in [0.4, 0.5) is 0 Å². The Labute approximate surface area is 92.7 Å². The number of para-hydroxylation sites is 1. The molecule has 0 aliphatic heterocycles. The third-order valence-corrected chi connectivity index (χ3v) is 1.35. The van der Waals surface area contributed by atoms with E-state index in [9.17, 15) is 0 Å². The average Bonchev–Trinajstić information content (AvgIpc) is 2.67. The second-order valence-electron chi connectivity index (χ2n) is 3.69. The lowest BCUT2D eigenvalue weighted by Crippen LogP contribution is -1.66. The molecule has 0 spiro atoms. The first-order chi connectivity index (χ1) is 7.20. The van der Waals surface area contributed by atoms with Gasteiger partial charge in [-0.15, -0.1) is 0 Å². The number of hydrogen-bond acceptors (Lipinski definition) is 1. The monoisotopic (exact) mass is 206 g/mol. The molecule has 2 heteroatoms. The van der Waals surface area contributed by atoms with E-state index in [0.717, 1.165) is 16.8 Å². The highest BCUT2D eigenvalue weighted by Crippen LogP contribution is 2.06. The third kappa shape index (κ3) is 5.89. The van der Waals surface area contributed by atoms with Gasteiger partial charge in [-0.1, -0.05) is 52.8 Å². The van der Waals surface area contributed by atoms with Crippen molar-refractivity contribution in [3.63, 3.8) is 0 Å². The third-order valence-electron chi connectivity index (χ3n) is 1.35. The van der Waals surface area contributed by atoms with Gasteiger partial charge in [0.25, 0.3) is 0 Å². The highest BCUT2D eigenvalue weighted by molar-refractivity contribution is 5.77. The minimum atomic E-state index is 0.833. The van der Waals surface area contributed by atoms with Crippen LogP contribution in [0.25, 0.3) is 10.9 Å². The molecule has 0 bridgehead atoms. The predicted octanol–water partition coefficient (Wildman–Crippen LogP) is 4.25. The normalized spacial score (nSPS) is 8.93. The van der Waals surface area contributed by atoms with Crippen LogP contribution in [-0.4, -0.2) is 10.2 Å². The summed E-state index contributed by atoms with van der Waals surface area (Å²) in [5.41, 5.74) is 1.09. The molecular weight excluding hydrogens is 184 g/mol. The van der Waals surface area contributed by atoms with Crippen LogP contribution in [0.1, 0.15) is 34.6 Å². The fourth-order valence-corrected chi connectivity index (χ4v) is 0.883. The number of rotatable bonds is 0. The maximum Gasteiger partial charge on any atom is 0.0650 e. The van der Waals surface area contributed by atoms with E-state index >= 15 is 0 Å². The molecule has 84 valence electrons. The van der Waals surface area contributed by atoms with Gasteiger partial charge >= 0.3 is 0 Å². The Morgan fingerprint density at radius 2 is 1.60 bits per heavy atom. The second kappa shape index (κ2) is 8.04. The van der Waals surface area contributed by atoms with Gasteiger partial charge in [0.2, 0.25) is 0 Å². The molecule has 2 nitrogen and oxygen atoms in total. The van der Waals surface area contributed by atoms with Crippen LogP contribution in [0, 0.1) is 5.92 Å². The number of hydrogen-bond donors (Lipinski definition) is 1. The van der Waals surface area contributed by atoms with Crippen LogP contribution in [0.2, 0.25) is 0 Å². The van der Waals surface area contributed by atoms with E-state index in [1.54, 1.807) is 0 Å². The van der Waals surface area contributed by atoms with E-state index in [1.807, 2.05) is 44.3 Å². The van der Waals surface area contributed by atoms with Crippen LogP contribution in [0.15, 0.2) is 30.5 Å². The molecule has 0 aliphatic rings. The molecule has 0 aliphatic carbocycles. The van der Waals surface area contributed by atoms with Gasteiger partial charge in [0.15, 0.2) is 0 Å². The van der Waals surface area contributed by atoms with Gasteiger partial charge in [0.05, 0.1) is 11.7 Å². The van der Waals surface area contributed by atoms with E-state index < -0.39 is 0 Å². The molecule has 0 amide bonds. The molecular formula is C13H22N2. The van der Waals surface area contributed by atoms with Crippen LogP contribution in [0.3, 0.4) is 0 Å². The molecule has 15 heavy (non-hydrogen) atoms. The van der Waals surface area contributed by atoms with Gasteiger partial charge in [-0.05, 0) is 12.0 Å². The summed E-state index contributed by atoms with van der Waals surface area (Å²) >= 11 is 0. The van der Waals surface area contributed by atoms with Crippen molar-refractivity contribution in [2.75, 3.05) is 0 Å². The molecule has 1 N–H and O–H groups in total. The van der Waals surface area contributed by atoms with Gasteiger partial charge in [-0.3, -0.25) is 5.10 Å². The highest BCUT2D eigenvalue weighted by atomic mass is 15.1. The van der Waals surface area contributed by atoms with E-state index in [2.05, 4.69) is 31.0 Å². The van der Waals surface area contributed by atoms with Gasteiger partial charge in [-0.25, -0.2) is 0 Å². The first kappa shape index (κ1) is 13.7. The molecule has 0 radical (unpaired) electrons. The summed E-state index contributed by atoms with van der Waals surface area (Å²) in [5, 5.41) is 7.91. The van der Waals surface area contributed by atoms with Crippen LogP contribution < -0.4 is 0 Å². The molecule has 1 aromatic carbocycles. The van der Waals surface area contributed by atoms with E-state index in [1.165, 1.54) is 0 Å². The summed E-state index contributed by atoms with van der Waals surface area (Å²) < 4.78 is 0. The SMILES string of the molecule is CC.CC(C)C.c1ccc2[nH]ncc2c1. The standard InChI is InChI=1S/C7H6N2.C4H10.C2H6/c1-2-4-7-6(3-1)5-8-9-7;1-4(2)3;1-2/h1-5H,(H,8,9);4H,1-3H3;1-2H3. The summed E-state index contributed by atoms with van der Waals surface area (Å²) in [4.78, 5) is 0. The van der Waals surface area contributed by atoms with E-state index in [0.29, 0.717) is 0 Å². The number of nitrogens with one attached hydrogen (secondary N) is 1. The lowest BCUT2D eigenvalue weighted by molar-refractivity contribution is 0.737. The summed E-state index contributed by atoms with van der Waals surface area (Å²) in [6.07, 6.45) is 1.81. The van der Waals surface area contributed by atoms with Gasteiger partial charge in [0.1, 0.15) is 0 Å². The molecule has 0 saturated heterocycles. The maximum absolute atomic E-state index is 3.88. The first-order valence-corrected chi connectivity index (χ1v) is 5.58. The van der Waals surface area contributed by atoms with E-state index in [4.69, 9.17) is 0 Å². The minimum absolute atomic E-state index is 0.833. The lowest BCUT2D eigenvalue weighted by Gasteiger charge is -1.81.